The van der Waals surface area contributed by atoms with E-state index in [1.807, 2.05) is 0 Å². The van der Waals surface area contributed by atoms with Crippen molar-refractivity contribution in [3.63, 3.8) is 0 Å². The lowest BCUT2D eigenvalue weighted by molar-refractivity contribution is -0.109. The van der Waals surface area contributed by atoms with Crippen LogP contribution in [-0.4, -0.2) is 22.3 Å². The summed E-state index contributed by atoms with van der Waals surface area (Å²) in [6.45, 7) is 1.50. The van der Waals surface area contributed by atoms with Crippen LogP contribution in [0.3, 0.4) is 0 Å². The molecule has 1 aromatic rings. The molecule has 0 amide bonds. The molecule has 84 valence electrons. The molecule has 1 aromatic carbocycles. The first-order valence-electron chi connectivity index (χ1n) is 4.72. The Hall–Kier alpha value is -1.55. The number of hydrogen-bond donors (Lipinski definition) is 1. The number of hydrogen-bond acceptors (Lipinski definition) is 4. The third-order valence-corrected chi connectivity index (χ3v) is 2.68. The average Bonchev–Trinajstić information content (AvgIpc) is 2.24. The smallest absolute Gasteiger partial charge is 0.186 e. The second-order valence-electron chi connectivity index (χ2n) is 3.10. The Morgan fingerprint density at radius 3 is 2.88 bits per heavy atom. The summed E-state index contributed by atoms with van der Waals surface area (Å²) in [5, 5.41) is 9.46. The minimum absolute atomic E-state index is 0.0311. The van der Waals surface area contributed by atoms with E-state index in [1.165, 1.54) is 24.8 Å². The molecule has 0 aliphatic rings. The number of thioether (sulfide) groups is 1. The van der Waals surface area contributed by atoms with Gasteiger partial charge >= 0.3 is 0 Å². The van der Waals surface area contributed by atoms with E-state index in [0.29, 0.717) is 17.6 Å². The number of phenols is 1. The van der Waals surface area contributed by atoms with Gasteiger partial charge in [-0.05, 0) is 11.6 Å². The van der Waals surface area contributed by atoms with Crippen molar-refractivity contribution in [3.8, 4) is 5.75 Å². The fraction of sp³-hybridized carbons (Fsp3) is 0.167. The number of carbonyl (C=O) groups is 2. The Bertz CT molecular complexity index is 424. The molecular formula is C12H12O3S. The molecule has 0 saturated carbocycles. The Morgan fingerprint density at radius 1 is 1.50 bits per heavy atom. The van der Waals surface area contributed by atoms with Crippen molar-refractivity contribution >= 4 is 29.2 Å². The summed E-state index contributed by atoms with van der Waals surface area (Å²) < 4.78 is 0. The molecule has 0 aliphatic carbocycles. The van der Waals surface area contributed by atoms with Crippen molar-refractivity contribution in [2.75, 3.05) is 5.75 Å². The summed E-state index contributed by atoms with van der Waals surface area (Å²) in [5.41, 5.74) is 0.922. The molecule has 0 fully saturated rings. The predicted molar refractivity (Wildman–Crippen MR) is 65.7 cm³/mol. The van der Waals surface area contributed by atoms with E-state index >= 15 is 0 Å². The van der Waals surface area contributed by atoms with Gasteiger partial charge in [0.25, 0.3) is 0 Å². The lowest BCUT2D eigenvalue weighted by atomic mass is 10.1. The molecule has 1 rings (SSSR count). The molecule has 0 aliphatic heterocycles. The van der Waals surface area contributed by atoms with Crippen molar-refractivity contribution in [1.29, 1.82) is 0 Å². The van der Waals surface area contributed by atoms with Crippen molar-refractivity contribution in [3.05, 3.63) is 35.4 Å². The SMILES string of the molecule is CC(=O)SCC=Cc1cccc(O)c1C=O. The summed E-state index contributed by atoms with van der Waals surface area (Å²) >= 11 is 1.19. The standard InChI is InChI=1S/C12H12O3S/c1-9(14)16-7-3-5-10-4-2-6-12(15)11(10)8-13/h2-6,8,15H,7H2,1H3. The van der Waals surface area contributed by atoms with Crippen molar-refractivity contribution in [1.82, 2.24) is 0 Å². The first kappa shape index (κ1) is 12.5. The zero-order valence-corrected chi connectivity index (χ0v) is 9.66. The predicted octanol–water partition coefficient (Wildman–Crippen LogP) is 2.50. The molecule has 3 nitrogen and oxygen atoms in total. The Labute approximate surface area is 98.2 Å². The van der Waals surface area contributed by atoms with E-state index in [2.05, 4.69) is 0 Å². The molecule has 0 radical (unpaired) electrons. The summed E-state index contributed by atoms with van der Waals surface area (Å²) in [5.74, 6) is 0.528. The Balaban J connectivity index is 2.76. The van der Waals surface area contributed by atoms with Gasteiger partial charge < -0.3 is 5.11 Å². The third-order valence-electron chi connectivity index (χ3n) is 1.91. The van der Waals surface area contributed by atoms with Gasteiger partial charge in [0.05, 0.1) is 5.56 Å². The molecule has 0 bridgehead atoms. The number of carbonyl (C=O) groups excluding carboxylic acids is 2. The lowest BCUT2D eigenvalue weighted by Crippen LogP contribution is -1.87. The number of aromatic hydroxyl groups is 1. The first-order valence-corrected chi connectivity index (χ1v) is 5.70. The van der Waals surface area contributed by atoms with Gasteiger partial charge in [0, 0.05) is 12.7 Å². The van der Waals surface area contributed by atoms with Crippen molar-refractivity contribution in [2.24, 2.45) is 0 Å². The maximum atomic E-state index is 10.7. The van der Waals surface area contributed by atoms with Gasteiger partial charge in [0.15, 0.2) is 11.4 Å². The fourth-order valence-corrected chi connectivity index (χ4v) is 1.61. The highest BCUT2D eigenvalue weighted by Crippen LogP contribution is 2.20. The van der Waals surface area contributed by atoms with Crippen LogP contribution in [0.1, 0.15) is 22.8 Å². The van der Waals surface area contributed by atoms with Gasteiger partial charge in [-0.25, -0.2) is 0 Å². The topological polar surface area (TPSA) is 54.4 Å². The molecule has 0 heterocycles. The highest BCUT2D eigenvalue weighted by Gasteiger charge is 2.03. The van der Waals surface area contributed by atoms with Crippen LogP contribution in [0.4, 0.5) is 0 Å². The van der Waals surface area contributed by atoms with Gasteiger partial charge in [-0.2, -0.15) is 0 Å². The van der Waals surface area contributed by atoms with Crippen LogP contribution in [0.2, 0.25) is 0 Å². The van der Waals surface area contributed by atoms with E-state index in [4.69, 9.17) is 0 Å². The number of phenolic OH excluding ortho intramolecular Hbond substituents is 1. The van der Waals surface area contributed by atoms with Gasteiger partial charge in [0.2, 0.25) is 0 Å². The van der Waals surface area contributed by atoms with Gasteiger partial charge in [-0.1, -0.05) is 36.0 Å². The largest absolute Gasteiger partial charge is 0.507 e. The summed E-state index contributed by atoms with van der Waals surface area (Å²) in [6, 6.07) is 4.86. The molecule has 16 heavy (non-hydrogen) atoms. The second kappa shape index (κ2) is 6.12. The zero-order chi connectivity index (χ0) is 12.0. The molecule has 0 atom stereocenters. The number of rotatable bonds is 4. The van der Waals surface area contributed by atoms with Crippen LogP contribution in [0.5, 0.6) is 5.75 Å². The maximum Gasteiger partial charge on any atom is 0.186 e. The van der Waals surface area contributed by atoms with E-state index in [1.54, 1.807) is 24.3 Å². The van der Waals surface area contributed by atoms with Crippen LogP contribution >= 0.6 is 11.8 Å². The average molecular weight is 236 g/mol. The highest BCUT2D eigenvalue weighted by atomic mass is 32.2. The van der Waals surface area contributed by atoms with Gasteiger partial charge in [0.1, 0.15) is 5.75 Å². The van der Waals surface area contributed by atoms with Crippen LogP contribution in [0.15, 0.2) is 24.3 Å². The van der Waals surface area contributed by atoms with E-state index < -0.39 is 0 Å². The zero-order valence-electron chi connectivity index (χ0n) is 8.84. The monoisotopic (exact) mass is 236 g/mol. The molecule has 4 heteroatoms. The summed E-state index contributed by atoms with van der Waals surface area (Å²) in [6.07, 6.45) is 4.13. The first-order chi connectivity index (χ1) is 7.65. The fourth-order valence-electron chi connectivity index (χ4n) is 1.18. The van der Waals surface area contributed by atoms with Crippen molar-refractivity contribution < 1.29 is 14.7 Å². The molecule has 1 N–H and O–H groups in total. The Kier molecular flexibility index (Phi) is 4.79. The van der Waals surface area contributed by atoms with Gasteiger partial charge in [-0.15, -0.1) is 0 Å². The Morgan fingerprint density at radius 2 is 2.25 bits per heavy atom. The number of benzene rings is 1. The minimum Gasteiger partial charge on any atom is -0.507 e. The lowest BCUT2D eigenvalue weighted by Gasteiger charge is -2.00. The molecular weight excluding hydrogens is 224 g/mol. The molecule has 0 unspecified atom stereocenters. The van der Waals surface area contributed by atoms with Gasteiger partial charge in [-0.3, -0.25) is 9.59 Å². The van der Waals surface area contributed by atoms with Crippen LogP contribution < -0.4 is 0 Å². The number of aldehydes is 1. The van der Waals surface area contributed by atoms with E-state index in [9.17, 15) is 14.7 Å². The van der Waals surface area contributed by atoms with E-state index in [-0.39, 0.29) is 16.4 Å². The summed E-state index contributed by atoms with van der Waals surface area (Å²) in [4.78, 5) is 21.4. The normalized spacial score (nSPS) is 10.6. The summed E-state index contributed by atoms with van der Waals surface area (Å²) in [7, 11) is 0. The maximum absolute atomic E-state index is 10.7. The van der Waals surface area contributed by atoms with Crippen LogP contribution in [0, 0.1) is 0 Å². The third kappa shape index (κ3) is 3.55. The van der Waals surface area contributed by atoms with Crippen LogP contribution in [-0.2, 0) is 4.79 Å². The molecule has 0 saturated heterocycles. The van der Waals surface area contributed by atoms with E-state index in [0.717, 1.165) is 0 Å². The van der Waals surface area contributed by atoms with Crippen LogP contribution in [0.25, 0.3) is 6.08 Å². The quantitative estimate of drug-likeness (QED) is 0.816. The molecule has 0 spiro atoms. The minimum atomic E-state index is -0.0311. The second-order valence-corrected chi connectivity index (χ2v) is 4.30. The highest BCUT2D eigenvalue weighted by molar-refractivity contribution is 8.13. The van der Waals surface area contributed by atoms with Crippen molar-refractivity contribution in [2.45, 2.75) is 6.92 Å². The molecule has 0 aromatic heterocycles.